The smallest absolute Gasteiger partial charge is 0.198 e. The summed E-state index contributed by atoms with van der Waals surface area (Å²) in [5, 5.41) is 0. The summed E-state index contributed by atoms with van der Waals surface area (Å²) in [5.74, 6) is -33.9. The zero-order valence-electron chi connectivity index (χ0n) is 20.6. The molecule has 0 saturated carbocycles. The second-order valence-corrected chi connectivity index (χ2v) is 9.22. The highest BCUT2D eigenvalue weighted by Gasteiger charge is 2.93. The highest BCUT2D eigenvalue weighted by atomic mass is 19.5. The molecule has 0 saturated heterocycles. The highest BCUT2D eigenvalue weighted by Crippen LogP contribution is 2.69. The normalized spacial score (nSPS) is 16.2. The van der Waals surface area contributed by atoms with Crippen LogP contribution in [0.2, 0.25) is 0 Å². The quantitative estimate of drug-likeness (QED) is 0.233. The minimum absolute atomic E-state index is 0.151. The first kappa shape index (κ1) is 41.4. The lowest BCUT2D eigenvalue weighted by Crippen LogP contribution is -2.71. The molecule has 0 amide bonds. The van der Waals surface area contributed by atoms with Crippen molar-refractivity contribution < 1.29 is 114 Å². The van der Waals surface area contributed by atoms with Gasteiger partial charge in [-0.05, 0) is 11.1 Å². The highest BCUT2D eigenvalue weighted by molar-refractivity contribution is 5.33. The van der Waals surface area contributed by atoms with Crippen LogP contribution in [0.15, 0.2) is 24.3 Å². The van der Waals surface area contributed by atoms with Gasteiger partial charge in [-0.1, -0.05) is 24.3 Å². The third kappa shape index (κ3) is 5.75. The van der Waals surface area contributed by atoms with E-state index in [4.69, 9.17) is 0 Å². The molecule has 0 atom stereocenters. The van der Waals surface area contributed by atoms with Gasteiger partial charge < -0.3 is 0 Å². The molecule has 26 heteroatoms. The van der Waals surface area contributed by atoms with Gasteiger partial charge in [-0.15, -0.1) is 0 Å². The predicted octanol–water partition coefficient (Wildman–Crippen LogP) is 10.7. The summed E-state index contributed by atoms with van der Waals surface area (Å²) in [6, 6.07) is -1.80. The van der Waals surface area contributed by atoms with Crippen LogP contribution in [0.1, 0.15) is 11.1 Å². The van der Waals surface area contributed by atoms with Crippen LogP contribution in [-0.2, 0) is 12.8 Å². The van der Waals surface area contributed by atoms with E-state index in [1.54, 1.807) is 0 Å². The van der Waals surface area contributed by atoms with Crippen LogP contribution in [-0.4, -0.2) is 60.7 Å². The Labute approximate surface area is 235 Å². The summed E-state index contributed by atoms with van der Waals surface area (Å²) in [4.78, 5) is 0. The van der Waals surface area contributed by atoms with Crippen LogP contribution in [0.5, 0.6) is 0 Å². The maximum Gasteiger partial charge on any atom is 0.459 e. The molecule has 0 N–H and O–H groups in total. The average Bonchev–Trinajstić information content (AvgIpc) is 2.76. The Morgan fingerprint density at radius 1 is 0.283 bits per heavy atom. The van der Waals surface area contributed by atoms with Gasteiger partial charge in [-0.2, -0.15) is 114 Å². The Kier molecular flexibility index (Phi) is 9.88. The zero-order chi connectivity index (χ0) is 37.4. The van der Waals surface area contributed by atoms with Gasteiger partial charge in [-0.3, -0.25) is 0 Å². The van der Waals surface area contributed by atoms with E-state index < -0.39 is 108 Å². The van der Waals surface area contributed by atoms with E-state index in [9.17, 15) is 114 Å². The lowest BCUT2D eigenvalue weighted by molar-refractivity contribution is -0.462. The number of alkyl halides is 26. The largest absolute Gasteiger partial charge is 0.459 e. The summed E-state index contributed by atoms with van der Waals surface area (Å²) >= 11 is 0. The number of hydrogen-bond acceptors (Lipinski definition) is 0. The van der Waals surface area contributed by atoms with Crippen LogP contribution < -0.4 is 0 Å². The van der Waals surface area contributed by atoms with E-state index in [0.717, 1.165) is 0 Å². The molecule has 0 aliphatic carbocycles. The van der Waals surface area contributed by atoms with Crippen molar-refractivity contribution in [2.24, 2.45) is 10.8 Å². The van der Waals surface area contributed by atoms with Gasteiger partial charge in [0, 0.05) is 12.8 Å². The first-order chi connectivity index (χ1) is 19.7. The Balaban J connectivity index is 4.42. The number of hydrogen-bond donors (Lipinski definition) is 0. The standard InChI is InChI=1S/C20H8F26/c21-11(22,13(25,26)19(41,42)43)9(15(29,30)31,16(32,33)34)5-7-3-1-2-4-8(7)6-10(17(35,36)37,18(38,39)40)12(23,24)14(27,28)20(44,45)46/h1-4H,5-6H2. The van der Waals surface area contributed by atoms with E-state index in [1.165, 1.54) is 0 Å². The van der Waals surface area contributed by atoms with E-state index >= 15 is 0 Å². The molecular weight excluding hydrogens is 734 g/mol. The molecule has 0 unspecified atom stereocenters. The summed E-state index contributed by atoms with van der Waals surface area (Å²) < 4.78 is 352. The van der Waals surface area contributed by atoms with Crippen molar-refractivity contribution in [3.8, 4) is 0 Å². The van der Waals surface area contributed by atoms with E-state index in [0.29, 0.717) is 0 Å². The van der Waals surface area contributed by atoms with E-state index in [2.05, 4.69) is 0 Å². The van der Waals surface area contributed by atoms with Gasteiger partial charge in [-0.25, -0.2) is 0 Å². The first-order valence-corrected chi connectivity index (χ1v) is 10.7. The Morgan fingerprint density at radius 2 is 0.478 bits per heavy atom. The Morgan fingerprint density at radius 3 is 0.630 bits per heavy atom. The SMILES string of the molecule is FC(F)(F)C(F)(F)C(F)(F)C(Cc1ccccc1CC(C(F)(F)F)(C(F)(F)F)C(F)(F)C(F)(F)C(F)(F)F)(C(F)(F)F)C(F)(F)F. The third-order valence-corrected chi connectivity index (χ3v) is 6.54. The summed E-state index contributed by atoms with van der Waals surface area (Å²) in [6.07, 6.45) is -57.3. The molecule has 1 aromatic carbocycles. The second kappa shape index (κ2) is 11.0. The minimum Gasteiger partial charge on any atom is -0.198 e. The molecule has 270 valence electrons. The van der Waals surface area contributed by atoms with E-state index in [1.807, 2.05) is 0 Å². The fourth-order valence-electron chi connectivity index (χ4n) is 4.02. The van der Waals surface area contributed by atoms with Crippen molar-refractivity contribution in [1.29, 1.82) is 0 Å². The summed E-state index contributed by atoms with van der Waals surface area (Å²) in [7, 11) is 0. The van der Waals surface area contributed by atoms with Crippen molar-refractivity contribution in [3.05, 3.63) is 35.4 Å². The molecule has 0 heterocycles. The van der Waals surface area contributed by atoms with Gasteiger partial charge in [0.25, 0.3) is 0 Å². The Bertz CT molecular complexity index is 1090. The maximum atomic E-state index is 14.4. The molecular formula is C20H8F26. The van der Waals surface area contributed by atoms with Crippen LogP contribution in [0.4, 0.5) is 114 Å². The molecule has 0 aromatic heterocycles. The summed E-state index contributed by atoms with van der Waals surface area (Å²) in [5.41, 5.74) is -21.6. The molecule has 0 aliphatic heterocycles. The number of halogens is 26. The van der Waals surface area contributed by atoms with Gasteiger partial charge in [0.05, 0.1) is 0 Å². The van der Waals surface area contributed by atoms with Crippen molar-refractivity contribution in [3.63, 3.8) is 0 Å². The van der Waals surface area contributed by atoms with Crippen LogP contribution in [0, 0.1) is 10.8 Å². The molecule has 1 aromatic rings. The fourth-order valence-corrected chi connectivity index (χ4v) is 4.02. The summed E-state index contributed by atoms with van der Waals surface area (Å²) in [6.45, 7) is 0. The first-order valence-electron chi connectivity index (χ1n) is 10.7. The molecule has 46 heavy (non-hydrogen) atoms. The van der Waals surface area contributed by atoms with E-state index in [-0.39, 0.29) is 12.1 Å². The topological polar surface area (TPSA) is 0 Å². The number of rotatable bonds is 8. The van der Waals surface area contributed by atoms with Crippen molar-refractivity contribution in [1.82, 2.24) is 0 Å². The lowest BCUT2D eigenvalue weighted by Gasteiger charge is -2.47. The third-order valence-electron chi connectivity index (χ3n) is 6.54. The van der Waals surface area contributed by atoms with Crippen LogP contribution in [0.25, 0.3) is 0 Å². The van der Waals surface area contributed by atoms with Gasteiger partial charge in [0.15, 0.2) is 0 Å². The maximum absolute atomic E-state index is 14.4. The molecule has 0 aliphatic rings. The number of benzene rings is 1. The van der Waals surface area contributed by atoms with Gasteiger partial charge >= 0.3 is 60.7 Å². The zero-order valence-corrected chi connectivity index (χ0v) is 20.6. The lowest BCUT2D eigenvalue weighted by atomic mass is 9.68. The molecule has 0 nitrogen and oxygen atoms in total. The predicted molar refractivity (Wildman–Crippen MR) is 94.8 cm³/mol. The van der Waals surface area contributed by atoms with Crippen LogP contribution >= 0.6 is 0 Å². The van der Waals surface area contributed by atoms with Crippen molar-refractivity contribution in [2.45, 2.75) is 73.6 Å². The molecule has 0 radical (unpaired) electrons. The molecule has 1 rings (SSSR count). The molecule has 0 spiro atoms. The van der Waals surface area contributed by atoms with Crippen molar-refractivity contribution in [2.75, 3.05) is 0 Å². The minimum atomic E-state index is -8.56. The van der Waals surface area contributed by atoms with Gasteiger partial charge in [0.2, 0.25) is 10.8 Å². The monoisotopic (exact) mass is 742 g/mol. The molecule has 0 fully saturated rings. The second-order valence-electron chi connectivity index (χ2n) is 9.22. The van der Waals surface area contributed by atoms with Gasteiger partial charge in [0.1, 0.15) is 0 Å². The van der Waals surface area contributed by atoms with Crippen molar-refractivity contribution >= 4 is 0 Å². The Hall–Kier alpha value is -2.60. The average molecular weight is 742 g/mol. The fraction of sp³-hybridized carbons (Fsp3) is 0.700. The molecule has 0 bridgehead atoms. The van der Waals surface area contributed by atoms with Crippen LogP contribution in [0.3, 0.4) is 0 Å².